The third kappa shape index (κ3) is 2.18. The average molecular weight is 205 g/mol. The molecule has 2 rings (SSSR count). The number of aryl methyl sites for hydroxylation is 3. The van der Waals surface area contributed by atoms with E-state index in [1.807, 2.05) is 38.1 Å². The van der Waals surface area contributed by atoms with E-state index in [1.54, 1.807) is 4.68 Å². The van der Waals surface area contributed by atoms with Gasteiger partial charge in [0.1, 0.15) is 0 Å². The molecule has 0 aromatic carbocycles. The zero-order valence-electron chi connectivity index (χ0n) is 9.23. The molecule has 0 saturated carbocycles. The van der Waals surface area contributed by atoms with Gasteiger partial charge in [-0.25, -0.2) is 0 Å². The molecule has 0 aliphatic carbocycles. The van der Waals surface area contributed by atoms with Gasteiger partial charge in [0, 0.05) is 20.3 Å². The Morgan fingerprint density at radius 3 is 2.73 bits per heavy atom. The van der Waals surface area contributed by atoms with Crippen LogP contribution >= 0.6 is 0 Å². The molecule has 0 saturated heterocycles. The van der Waals surface area contributed by atoms with Crippen molar-refractivity contribution in [1.29, 1.82) is 0 Å². The highest BCUT2D eigenvalue weighted by atomic mass is 15.3. The van der Waals surface area contributed by atoms with Crippen LogP contribution in [0, 0.1) is 6.92 Å². The predicted octanol–water partition coefficient (Wildman–Crippen LogP) is 1.07. The summed E-state index contributed by atoms with van der Waals surface area (Å²) in [5.74, 6) is 0. The lowest BCUT2D eigenvalue weighted by Gasteiger charge is -2.03. The Balaban J connectivity index is 2.01. The van der Waals surface area contributed by atoms with E-state index in [0.29, 0.717) is 0 Å². The Hall–Kier alpha value is -1.78. The highest BCUT2D eigenvalue weighted by Crippen LogP contribution is 2.07. The van der Waals surface area contributed by atoms with E-state index >= 15 is 0 Å². The molecule has 0 unspecified atom stereocenters. The van der Waals surface area contributed by atoms with E-state index in [0.717, 1.165) is 23.6 Å². The van der Waals surface area contributed by atoms with Gasteiger partial charge in [-0.1, -0.05) is 0 Å². The van der Waals surface area contributed by atoms with Gasteiger partial charge in [-0.15, -0.1) is 0 Å². The van der Waals surface area contributed by atoms with Crippen LogP contribution in [-0.4, -0.2) is 19.6 Å². The summed E-state index contributed by atoms with van der Waals surface area (Å²) >= 11 is 0. The Bertz CT molecular complexity index is 454. The first kappa shape index (κ1) is 9.76. The lowest BCUT2D eigenvalue weighted by atomic mass is 10.3. The number of anilines is 1. The average Bonchev–Trinajstić information content (AvgIpc) is 2.70. The molecule has 0 atom stereocenters. The Morgan fingerprint density at radius 1 is 1.40 bits per heavy atom. The van der Waals surface area contributed by atoms with Gasteiger partial charge in [0.25, 0.3) is 0 Å². The molecule has 5 nitrogen and oxygen atoms in total. The first-order valence-electron chi connectivity index (χ1n) is 4.87. The maximum atomic E-state index is 4.28. The van der Waals surface area contributed by atoms with Crippen molar-refractivity contribution in [2.24, 2.45) is 14.1 Å². The Morgan fingerprint density at radius 2 is 2.20 bits per heavy atom. The van der Waals surface area contributed by atoms with E-state index in [4.69, 9.17) is 0 Å². The summed E-state index contributed by atoms with van der Waals surface area (Å²) in [5, 5.41) is 11.7. The van der Waals surface area contributed by atoms with E-state index in [-0.39, 0.29) is 0 Å². The van der Waals surface area contributed by atoms with Crippen LogP contribution in [0.1, 0.15) is 11.4 Å². The SMILES string of the molecule is Cc1cc(CNc2cnn(C)c2)n(C)n1. The molecule has 0 spiro atoms. The highest BCUT2D eigenvalue weighted by Gasteiger charge is 2.02. The van der Waals surface area contributed by atoms with Gasteiger partial charge in [-0.2, -0.15) is 10.2 Å². The second-order valence-corrected chi connectivity index (χ2v) is 3.66. The molecule has 2 heterocycles. The minimum absolute atomic E-state index is 0.767. The fourth-order valence-electron chi connectivity index (χ4n) is 1.53. The van der Waals surface area contributed by atoms with Gasteiger partial charge in [-0.05, 0) is 13.0 Å². The monoisotopic (exact) mass is 205 g/mol. The Labute approximate surface area is 88.7 Å². The summed E-state index contributed by atoms with van der Waals surface area (Å²) in [7, 11) is 3.85. The molecule has 0 radical (unpaired) electrons. The van der Waals surface area contributed by atoms with Gasteiger partial charge >= 0.3 is 0 Å². The zero-order chi connectivity index (χ0) is 10.8. The maximum Gasteiger partial charge on any atom is 0.0729 e. The van der Waals surface area contributed by atoms with Gasteiger partial charge in [0.15, 0.2) is 0 Å². The minimum Gasteiger partial charge on any atom is -0.377 e. The molecular weight excluding hydrogens is 190 g/mol. The van der Waals surface area contributed by atoms with Crippen LogP contribution in [0.2, 0.25) is 0 Å². The largest absolute Gasteiger partial charge is 0.377 e. The standard InChI is InChI=1S/C10H15N5/c1-8-4-10(15(3)13-8)6-11-9-5-12-14(2)7-9/h4-5,7,11H,6H2,1-3H3. The van der Waals surface area contributed by atoms with Crippen LogP contribution in [0.25, 0.3) is 0 Å². The molecule has 2 aromatic heterocycles. The normalized spacial score (nSPS) is 10.6. The van der Waals surface area contributed by atoms with Gasteiger partial charge in [0.05, 0.1) is 29.8 Å². The highest BCUT2D eigenvalue weighted by molar-refractivity contribution is 5.38. The van der Waals surface area contributed by atoms with Crippen molar-refractivity contribution >= 4 is 5.69 Å². The maximum absolute atomic E-state index is 4.28. The van der Waals surface area contributed by atoms with Crippen molar-refractivity contribution in [1.82, 2.24) is 19.6 Å². The van der Waals surface area contributed by atoms with Crippen molar-refractivity contribution in [2.45, 2.75) is 13.5 Å². The van der Waals surface area contributed by atoms with Gasteiger partial charge < -0.3 is 5.32 Å². The molecule has 80 valence electrons. The van der Waals surface area contributed by atoms with Crippen LogP contribution in [0.15, 0.2) is 18.5 Å². The third-order valence-corrected chi connectivity index (χ3v) is 2.28. The van der Waals surface area contributed by atoms with E-state index in [9.17, 15) is 0 Å². The first-order valence-corrected chi connectivity index (χ1v) is 4.87. The predicted molar refractivity (Wildman–Crippen MR) is 58.5 cm³/mol. The van der Waals surface area contributed by atoms with Crippen LogP contribution in [0.3, 0.4) is 0 Å². The quantitative estimate of drug-likeness (QED) is 0.815. The number of nitrogens with one attached hydrogen (secondary N) is 1. The summed E-state index contributed by atoms with van der Waals surface area (Å²) in [6.07, 6.45) is 3.76. The minimum atomic E-state index is 0.767. The summed E-state index contributed by atoms with van der Waals surface area (Å²) in [4.78, 5) is 0. The van der Waals surface area contributed by atoms with Crippen molar-refractivity contribution in [3.63, 3.8) is 0 Å². The molecule has 0 aliphatic heterocycles. The number of hydrogen-bond donors (Lipinski definition) is 1. The van der Waals surface area contributed by atoms with Crippen LogP contribution < -0.4 is 5.32 Å². The van der Waals surface area contributed by atoms with Crippen molar-refractivity contribution in [2.75, 3.05) is 5.32 Å². The molecule has 2 aromatic rings. The lowest BCUT2D eigenvalue weighted by molar-refractivity contribution is 0.713. The summed E-state index contributed by atoms with van der Waals surface area (Å²) < 4.78 is 3.66. The van der Waals surface area contributed by atoms with Gasteiger partial charge in [0.2, 0.25) is 0 Å². The topological polar surface area (TPSA) is 47.7 Å². The molecule has 5 heteroatoms. The fraction of sp³-hybridized carbons (Fsp3) is 0.400. The number of aromatic nitrogens is 4. The van der Waals surface area contributed by atoms with Gasteiger partial charge in [-0.3, -0.25) is 9.36 Å². The molecule has 15 heavy (non-hydrogen) atoms. The smallest absolute Gasteiger partial charge is 0.0729 e. The molecule has 0 bridgehead atoms. The molecule has 0 aliphatic rings. The van der Waals surface area contributed by atoms with E-state index < -0.39 is 0 Å². The second kappa shape index (κ2) is 3.76. The van der Waals surface area contributed by atoms with Crippen LogP contribution in [0.5, 0.6) is 0 Å². The molecular formula is C10H15N5. The van der Waals surface area contributed by atoms with Crippen LogP contribution in [-0.2, 0) is 20.6 Å². The number of rotatable bonds is 3. The van der Waals surface area contributed by atoms with Crippen molar-refractivity contribution in [3.05, 3.63) is 29.8 Å². The van der Waals surface area contributed by atoms with Crippen molar-refractivity contribution in [3.8, 4) is 0 Å². The first-order chi connectivity index (χ1) is 7.15. The third-order valence-electron chi connectivity index (χ3n) is 2.28. The molecule has 0 fully saturated rings. The number of nitrogens with zero attached hydrogens (tertiary/aromatic N) is 4. The zero-order valence-corrected chi connectivity index (χ0v) is 9.23. The Kier molecular flexibility index (Phi) is 2.45. The summed E-state index contributed by atoms with van der Waals surface area (Å²) in [6.45, 7) is 2.76. The second-order valence-electron chi connectivity index (χ2n) is 3.66. The summed E-state index contributed by atoms with van der Waals surface area (Å²) in [6, 6.07) is 2.07. The summed E-state index contributed by atoms with van der Waals surface area (Å²) in [5.41, 5.74) is 3.23. The van der Waals surface area contributed by atoms with Crippen molar-refractivity contribution < 1.29 is 0 Å². The number of hydrogen-bond acceptors (Lipinski definition) is 3. The van der Waals surface area contributed by atoms with E-state index in [1.165, 1.54) is 0 Å². The lowest BCUT2D eigenvalue weighted by Crippen LogP contribution is -2.04. The molecule has 1 N–H and O–H groups in total. The fourth-order valence-corrected chi connectivity index (χ4v) is 1.53. The van der Waals surface area contributed by atoms with Crippen LogP contribution in [0.4, 0.5) is 5.69 Å². The molecule has 0 amide bonds. The van der Waals surface area contributed by atoms with E-state index in [2.05, 4.69) is 21.6 Å².